The van der Waals surface area contributed by atoms with Crippen molar-refractivity contribution in [3.63, 3.8) is 0 Å². The zero-order chi connectivity index (χ0) is 16.5. The van der Waals surface area contributed by atoms with Crippen LogP contribution >= 0.6 is 0 Å². The molecule has 0 amide bonds. The second-order valence-electron chi connectivity index (χ2n) is 9.71. The lowest BCUT2D eigenvalue weighted by atomic mass is 9.46. The summed E-state index contributed by atoms with van der Waals surface area (Å²) in [7, 11) is 0. The first-order valence-electron chi connectivity index (χ1n) is 9.91. The van der Waals surface area contributed by atoms with Gasteiger partial charge in [-0.1, -0.05) is 44.1 Å². The molecule has 0 aromatic rings. The van der Waals surface area contributed by atoms with Crippen LogP contribution < -0.4 is 0 Å². The van der Waals surface area contributed by atoms with E-state index >= 15 is 0 Å². The third-order valence-electron chi connectivity index (χ3n) is 8.50. The van der Waals surface area contributed by atoms with Crippen molar-refractivity contribution >= 4 is 0 Å². The minimum Gasteiger partial charge on any atom is -0.390 e. The first-order chi connectivity index (χ1) is 10.8. The van der Waals surface area contributed by atoms with Gasteiger partial charge in [0, 0.05) is 0 Å². The SMILES string of the molecule is CCC1=CCC2C3CC=C4CC(C)(O)CCC4(C)C3CCC12C. The van der Waals surface area contributed by atoms with Gasteiger partial charge < -0.3 is 5.11 Å². The maximum atomic E-state index is 10.5. The molecule has 1 N–H and O–H groups in total. The first kappa shape index (κ1) is 15.9. The van der Waals surface area contributed by atoms with Crippen LogP contribution in [0.2, 0.25) is 0 Å². The van der Waals surface area contributed by atoms with Crippen LogP contribution in [-0.4, -0.2) is 10.7 Å². The van der Waals surface area contributed by atoms with E-state index in [4.69, 9.17) is 0 Å². The zero-order valence-electron chi connectivity index (χ0n) is 15.5. The Morgan fingerprint density at radius 1 is 1.00 bits per heavy atom. The molecule has 1 heteroatoms. The molecule has 0 saturated heterocycles. The maximum absolute atomic E-state index is 10.5. The fourth-order valence-corrected chi connectivity index (χ4v) is 7.01. The summed E-state index contributed by atoms with van der Waals surface area (Å²) in [6, 6.07) is 0. The molecule has 0 spiro atoms. The molecule has 1 nitrogen and oxygen atoms in total. The van der Waals surface area contributed by atoms with Gasteiger partial charge in [-0.05, 0) is 86.9 Å². The van der Waals surface area contributed by atoms with E-state index in [1.807, 2.05) is 6.92 Å². The van der Waals surface area contributed by atoms with Gasteiger partial charge in [-0.3, -0.25) is 0 Å². The average molecular weight is 315 g/mol. The molecule has 0 heterocycles. The van der Waals surface area contributed by atoms with Crippen molar-refractivity contribution in [1.29, 1.82) is 0 Å². The lowest BCUT2D eigenvalue weighted by Gasteiger charge is -2.58. The summed E-state index contributed by atoms with van der Waals surface area (Å²) >= 11 is 0. The number of hydrogen-bond donors (Lipinski definition) is 1. The second kappa shape index (κ2) is 4.97. The van der Waals surface area contributed by atoms with Crippen LogP contribution in [0.3, 0.4) is 0 Å². The van der Waals surface area contributed by atoms with E-state index in [1.54, 1.807) is 11.1 Å². The van der Waals surface area contributed by atoms with Crippen LogP contribution in [0.15, 0.2) is 23.3 Å². The molecule has 0 aliphatic heterocycles. The highest BCUT2D eigenvalue weighted by molar-refractivity contribution is 5.30. The van der Waals surface area contributed by atoms with Gasteiger partial charge in [0.25, 0.3) is 0 Å². The molecule has 0 aromatic heterocycles. The Morgan fingerprint density at radius 3 is 2.52 bits per heavy atom. The van der Waals surface area contributed by atoms with Crippen molar-refractivity contribution in [3.8, 4) is 0 Å². The van der Waals surface area contributed by atoms with Gasteiger partial charge in [0.15, 0.2) is 0 Å². The molecule has 4 aliphatic carbocycles. The summed E-state index contributed by atoms with van der Waals surface area (Å²) < 4.78 is 0. The van der Waals surface area contributed by atoms with E-state index in [0.717, 1.165) is 30.6 Å². The number of aliphatic hydroxyl groups is 1. The molecule has 4 aliphatic rings. The van der Waals surface area contributed by atoms with Crippen molar-refractivity contribution in [3.05, 3.63) is 23.3 Å². The van der Waals surface area contributed by atoms with Gasteiger partial charge in [-0.25, -0.2) is 0 Å². The van der Waals surface area contributed by atoms with Crippen molar-refractivity contribution in [2.45, 2.75) is 84.7 Å². The molecular formula is C22H34O. The standard InChI is InChI=1S/C22H34O/c1-5-15-7-9-18-17-8-6-16-14-20(2,23)12-13-22(16,4)19(17)10-11-21(15,18)3/h6-7,17-19,23H,5,8-14H2,1-4H3. The molecule has 0 bridgehead atoms. The summed E-state index contributed by atoms with van der Waals surface area (Å²) in [5.41, 5.74) is 3.71. The third kappa shape index (κ3) is 2.15. The highest BCUT2D eigenvalue weighted by atomic mass is 16.3. The molecule has 6 atom stereocenters. The lowest BCUT2D eigenvalue weighted by Crippen LogP contribution is -2.51. The molecule has 2 saturated carbocycles. The topological polar surface area (TPSA) is 20.2 Å². The van der Waals surface area contributed by atoms with Crippen molar-refractivity contribution in [1.82, 2.24) is 0 Å². The number of fused-ring (bicyclic) bond motifs is 5. The molecule has 128 valence electrons. The Morgan fingerprint density at radius 2 is 1.78 bits per heavy atom. The minimum atomic E-state index is -0.467. The lowest BCUT2D eigenvalue weighted by molar-refractivity contribution is -0.0523. The first-order valence-corrected chi connectivity index (χ1v) is 9.91. The Kier molecular flexibility index (Phi) is 3.45. The van der Waals surface area contributed by atoms with E-state index in [2.05, 4.69) is 32.9 Å². The summed E-state index contributed by atoms with van der Waals surface area (Å²) in [5.74, 6) is 2.58. The van der Waals surface area contributed by atoms with Crippen LogP contribution in [0.5, 0.6) is 0 Å². The summed E-state index contributed by atoms with van der Waals surface area (Å²) in [6.45, 7) is 9.46. The van der Waals surface area contributed by atoms with E-state index < -0.39 is 5.60 Å². The Bertz CT molecular complexity index is 569. The highest BCUT2D eigenvalue weighted by Gasteiger charge is 2.57. The van der Waals surface area contributed by atoms with E-state index in [9.17, 15) is 5.11 Å². The summed E-state index contributed by atoms with van der Waals surface area (Å²) in [5, 5.41) is 10.5. The van der Waals surface area contributed by atoms with E-state index in [1.165, 1.54) is 38.5 Å². The van der Waals surface area contributed by atoms with Crippen LogP contribution in [-0.2, 0) is 0 Å². The Hall–Kier alpha value is -0.560. The molecule has 0 radical (unpaired) electrons. The van der Waals surface area contributed by atoms with Gasteiger partial charge >= 0.3 is 0 Å². The van der Waals surface area contributed by atoms with Crippen molar-refractivity contribution in [2.75, 3.05) is 0 Å². The molecule has 23 heavy (non-hydrogen) atoms. The van der Waals surface area contributed by atoms with Gasteiger partial charge in [0.2, 0.25) is 0 Å². The molecular weight excluding hydrogens is 280 g/mol. The summed E-state index contributed by atoms with van der Waals surface area (Å²) in [6.07, 6.45) is 14.8. The fraction of sp³-hybridized carbons (Fsp3) is 0.818. The fourth-order valence-electron chi connectivity index (χ4n) is 7.01. The van der Waals surface area contributed by atoms with E-state index in [0.29, 0.717) is 10.8 Å². The number of allylic oxidation sites excluding steroid dienone is 3. The molecule has 6 unspecified atom stereocenters. The zero-order valence-corrected chi connectivity index (χ0v) is 15.5. The van der Waals surface area contributed by atoms with Crippen LogP contribution in [0.1, 0.15) is 79.1 Å². The summed E-state index contributed by atoms with van der Waals surface area (Å²) in [4.78, 5) is 0. The normalized spacial score (nSPS) is 52.1. The Labute approximate surface area is 142 Å². The van der Waals surface area contributed by atoms with Gasteiger partial charge in [0.05, 0.1) is 5.60 Å². The number of rotatable bonds is 1. The maximum Gasteiger partial charge on any atom is 0.0657 e. The minimum absolute atomic E-state index is 0.363. The van der Waals surface area contributed by atoms with Crippen LogP contribution in [0.4, 0.5) is 0 Å². The Balaban J connectivity index is 1.66. The highest BCUT2D eigenvalue weighted by Crippen LogP contribution is 2.65. The second-order valence-corrected chi connectivity index (χ2v) is 9.71. The molecule has 2 fully saturated rings. The average Bonchev–Trinajstić information content (AvgIpc) is 2.84. The smallest absolute Gasteiger partial charge is 0.0657 e. The monoisotopic (exact) mass is 314 g/mol. The van der Waals surface area contributed by atoms with Gasteiger partial charge in [-0.15, -0.1) is 0 Å². The third-order valence-corrected chi connectivity index (χ3v) is 8.50. The van der Waals surface area contributed by atoms with Gasteiger partial charge in [0.1, 0.15) is 0 Å². The van der Waals surface area contributed by atoms with Crippen LogP contribution in [0, 0.1) is 28.6 Å². The predicted molar refractivity (Wildman–Crippen MR) is 96.1 cm³/mol. The van der Waals surface area contributed by atoms with Crippen molar-refractivity contribution < 1.29 is 5.11 Å². The number of hydrogen-bond acceptors (Lipinski definition) is 1. The molecule has 0 aromatic carbocycles. The predicted octanol–water partition coefficient (Wildman–Crippen LogP) is 5.65. The quantitative estimate of drug-likeness (QED) is 0.620. The van der Waals surface area contributed by atoms with E-state index in [-0.39, 0.29) is 0 Å². The van der Waals surface area contributed by atoms with Crippen LogP contribution in [0.25, 0.3) is 0 Å². The van der Waals surface area contributed by atoms with Crippen molar-refractivity contribution in [2.24, 2.45) is 28.6 Å². The molecule has 4 rings (SSSR count). The largest absolute Gasteiger partial charge is 0.390 e. The van der Waals surface area contributed by atoms with Gasteiger partial charge in [-0.2, -0.15) is 0 Å².